The Kier molecular flexibility index (Phi) is 5.69. The van der Waals surface area contributed by atoms with E-state index in [1.54, 1.807) is 17.2 Å². The highest BCUT2D eigenvalue weighted by Crippen LogP contribution is 2.36. The third-order valence-electron chi connectivity index (χ3n) is 5.16. The van der Waals surface area contributed by atoms with Crippen LogP contribution in [0.2, 0.25) is 0 Å². The fourth-order valence-electron chi connectivity index (χ4n) is 3.25. The summed E-state index contributed by atoms with van der Waals surface area (Å²) in [6.07, 6.45) is 3.54. The van der Waals surface area contributed by atoms with E-state index in [1.807, 2.05) is 38.1 Å². The molecule has 1 aromatic heterocycles. The first-order valence-corrected chi connectivity index (χ1v) is 9.45. The van der Waals surface area contributed by atoms with E-state index in [2.05, 4.69) is 21.4 Å². The van der Waals surface area contributed by atoms with E-state index >= 15 is 0 Å². The molecule has 1 aliphatic rings. The maximum atomic E-state index is 12.7. The summed E-state index contributed by atoms with van der Waals surface area (Å²) in [6, 6.07) is 11.4. The molecule has 1 atom stereocenters. The van der Waals surface area contributed by atoms with Crippen LogP contribution in [0, 0.1) is 16.7 Å². The predicted octanol–water partition coefficient (Wildman–Crippen LogP) is 3.40. The van der Waals surface area contributed by atoms with Gasteiger partial charge in [0.2, 0.25) is 11.9 Å². The maximum Gasteiger partial charge on any atom is 0.248 e. The number of nitrogens with one attached hydrogen (secondary N) is 1. The monoisotopic (exact) mass is 377 g/mol. The topological polar surface area (TPSA) is 99.0 Å². The van der Waals surface area contributed by atoms with Gasteiger partial charge in [-0.3, -0.25) is 14.5 Å². The first kappa shape index (κ1) is 19.5. The molecular formula is C21H23N5O2. The second-order valence-electron chi connectivity index (χ2n) is 6.88. The van der Waals surface area contributed by atoms with Gasteiger partial charge in [0, 0.05) is 31.3 Å². The summed E-state index contributed by atoms with van der Waals surface area (Å²) in [5.41, 5.74) is 0.796. The maximum absolute atomic E-state index is 12.7. The molecule has 2 heterocycles. The number of amides is 1. The quantitative estimate of drug-likeness (QED) is 0.794. The van der Waals surface area contributed by atoms with Crippen LogP contribution in [0.25, 0.3) is 0 Å². The normalized spacial score (nSPS) is 18.8. The molecule has 0 unspecified atom stereocenters. The number of hydrogen-bond acceptors (Lipinski definition) is 6. The van der Waals surface area contributed by atoms with Gasteiger partial charge in [-0.2, -0.15) is 10.2 Å². The molecule has 0 bridgehead atoms. The Balaban J connectivity index is 1.73. The molecule has 1 amide bonds. The highest BCUT2D eigenvalue weighted by Gasteiger charge is 2.46. The zero-order valence-corrected chi connectivity index (χ0v) is 16.1. The van der Waals surface area contributed by atoms with Crippen molar-refractivity contribution in [2.75, 3.05) is 16.8 Å². The summed E-state index contributed by atoms with van der Waals surface area (Å²) in [5.74, 6) is 0.853. The standard InChI is InChI=1S/C21H23N5O2/c1-3-17(27)13-15-5-7-16(8-6-15)24-20-23-11-9-18(25-20)26-12-10-21(4-2,14-22)19(26)28/h5-9,11H,3-4,10,12-13H2,1-2H3,(H,23,24,25)/t21-/m1/s1. The van der Waals surface area contributed by atoms with Crippen LogP contribution in [0.5, 0.6) is 0 Å². The van der Waals surface area contributed by atoms with Crippen LogP contribution < -0.4 is 10.2 Å². The van der Waals surface area contributed by atoms with Gasteiger partial charge < -0.3 is 5.32 Å². The Labute approximate surface area is 164 Å². The highest BCUT2D eigenvalue weighted by molar-refractivity contribution is 6.01. The summed E-state index contributed by atoms with van der Waals surface area (Å²) in [6.45, 7) is 4.18. The van der Waals surface area contributed by atoms with Crippen molar-refractivity contribution in [2.24, 2.45) is 5.41 Å². The van der Waals surface area contributed by atoms with E-state index in [0.717, 1.165) is 11.3 Å². The largest absolute Gasteiger partial charge is 0.324 e. The van der Waals surface area contributed by atoms with Gasteiger partial charge in [-0.1, -0.05) is 26.0 Å². The van der Waals surface area contributed by atoms with Crippen molar-refractivity contribution < 1.29 is 9.59 Å². The number of nitrogens with zero attached hydrogens (tertiary/aromatic N) is 4. The fraction of sp³-hybridized carbons (Fsp3) is 0.381. The van der Waals surface area contributed by atoms with Gasteiger partial charge in [0.1, 0.15) is 17.0 Å². The number of nitriles is 1. The molecule has 144 valence electrons. The molecule has 1 N–H and O–H groups in total. The van der Waals surface area contributed by atoms with Crippen molar-refractivity contribution in [2.45, 2.75) is 39.5 Å². The summed E-state index contributed by atoms with van der Waals surface area (Å²) >= 11 is 0. The van der Waals surface area contributed by atoms with E-state index in [9.17, 15) is 14.9 Å². The van der Waals surface area contributed by atoms with E-state index < -0.39 is 5.41 Å². The Morgan fingerprint density at radius 3 is 2.64 bits per heavy atom. The minimum atomic E-state index is -0.954. The lowest BCUT2D eigenvalue weighted by atomic mass is 9.85. The van der Waals surface area contributed by atoms with Crippen molar-refractivity contribution in [1.82, 2.24) is 9.97 Å². The number of carbonyl (C=O) groups is 2. The lowest BCUT2D eigenvalue weighted by Gasteiger charge is -2.19. The van der Waals surface area contributed by atoms with E-state index in [1.165, 1.54) is 0 Å². The van der Waals surface area contributed by atoms with Crippen LogP contribution in [0.1, 0.15) is 38.7 Å². The third-order valence-corrected chi connectivity index (χ3v) is 5.16. The Hall–Kier alpha value is -3.27. The zero-order chi connectivity index (χ0) is 20.1. The van der Waals surface area contributed by atoms with Gasteiger partial charge >= 0.3 is 0 Å². The van der Waals surface area contributed by atoms with Gasteiger partial charge in [-0.05, 0) is 36.6 Å². The van der Waals surface area contributed by atoms with Crippen molar-refractivity contribution >= 4 is 29.1 Å². The highest BCUT2D eigenvalue weighted by atomic mass is 16.2. The molecular weight excluding hydrogens is 354 g/mol. The van der Waals surface area contributed by atoms with Crippen LogP contribution in [-0.2, 0) is 16.0 Å². The van der Waals surface area contributed by atoms with Gasteiger partial charge in [0.15, 0.2) is 0 Å². The van der Waals surface area contributed by atoms with Crippen LogP contribution in [0.3, 0.4) is 0 Å². The van der Waals surface area contributed by atoms with Crippen LogP contribution in [0.15, 0.2) is 36.5 Å². The molecule has 1 aromatic carbocycles. The predicted molar refractivity (Wildman–Crippen MR) is 106 cm³/mol. The van der Waals surface area contributed by atoms with Crippen LogP contribution in [0.4, 0.5) is 17.5 Å². The Bertz CT molecular complexity index is 919. The summed E-state index contributed by atoms with van der Waals surface area (Å²) in [4.78, 5) is 34.5. The van der Waals surface area contributed by atoms with Gasteiger partial charge in [-0.25, -0.2) is 4.98 Å². The van der Waals surface area contributed by atoms with Crippen LogP contribution >= 0.6 is 0 Å². The van der Waals surface area contributed by atoms with E-state index in [4.69, 9.17) is 0 Å². The second-order valence-corrected chi connectivity index (χ2v) is 6.88. The number of anilines is 3. The van der Waals surface area contributed by atoms with Crippen molar-refractivity contribution in [1.29, 1.82) is 5.26 Å². The lowest BCUT2D eigenvalue weighted by Crippen LogP contribution is -2.33. The molecule has 2 aromatic rings. The molecule has 0 spiro atoms. The summed E-state index contributed by atoms with van der Waals surface area (Å²) in [5, 5.41) is 12.5. The molecule has 28 heavy (non-hydrogen) atoms. The van der Waals surface area contributed by atoms with Crippen molar-refractivity contribution in [3.8, 4) is 6.07 Å². The molecule has 0 radical (unpaired) electrons. The number of carbonyl (C=O) groups excluding carboxylic acids is 2. The molecule has 7 nitrogen and oxygen atoms in total. The molecule has 0 aliphatic carbocycles. The first-order chi connectivity index (χ1) is 13.5. The molecule has 3 rings (SSSR count). The number of Topliss-reactive ketones (excluding diaryl/α,β-unsaturated/α-hetero) is 1. The number of rotatable bonds is 7. The number of benzene rings is 1. The summed E-state index contributed by atoms with van der Waals surface area (Å²) in [7, 11) is 0. The average Bonchev–Trinajstić information content (AvgIpc) is 3.06. The van der Waals surface area contributed by atoms with Crippen molar-refractivity contribution in [3.05, 3.63) is 42.1 Å². The number of hydrogen-bond donors (Lipinski definition) is 1. The number of ketones is 1. The van der Waals surface area contributed by atoms with Gasteiger partial charge in [0.05, 0.1) is 6.07 Å². The smallest absolute Gasteiger partial charge is 0.248 e. The molecule has 1 aliphatic heterocycles. The van der Waals surface area contributed by atoms with Crippen molar-refractivity contribution in [3.63, 3.8) is 0 Å². The second kappa shape index (κ2) is 8.17. The van der Waals surface area contributed by atoms with Gasteiger partial charge in [0.25, 0.3) is 0 Å². The Morgan fingerprint density at radius 1 is 1.29 bits per heavy atom. The van der Waals surface area contributed by atoms with E-state index in [0.29, 0.717) is 44.0 Å². The average molecular weight is 377 g/mol. The zero-order valence-electron chi connectivity index (χ0n) is 16.1. The molecule has 0 saturated carbocycles. The Morgan fingerprint density at radius 2 is 2.04 bits per heavy atom. The number of aromatic nitrogens is 2. The minimum Gasteiger partial charge on any atom is -0.324 e. The minimum absolute atomic E-state index is 0.201. The third kappa shape index (κ3) is 3.86. The molecule has 1 fully saturated rings. The lowest BCUT2D eigenvalue weighted by molar-refractivity contribution is -0.123. The van der Waals surface area contributed by atoms with Gasteiger partial charge in [-0.15, -0.1) is 0 Å². The summed E-state index contributed by atoms with van der Waals surface area (Å²) < 4.78 is 0. The van der Waals surface area contributed by atoms with Crippen LogP contribution in [-0.4, -0.2) is 28.2 Å². The SMILES string of the molecule is CCC(=O)Cc1ccc(Nc2nccc(N3CC[C@@](C#N)(CC)C3=O)n2)cc1. The molecule has 1 saturated heterocycles. The van der Waals surface area contributed by atoms with E-state index in [-0.39, 0.29) is 11.7 Å². The first-order valence-electron chi connectivity index (χ1n) is 9.45. The molecule has 7 heteroatoms. The fourth-order valence-corrected chi connectivity index (χ4v) is 3.25.